The third-order valence-electron chi connectivity index (χ3n) is 3.61. The van der Waals surface area contributed by atoms with E-state index in [4.69, 9.17) is 5.73 Å². The molecule has 2 N–H and O–H groups in total. The van der Waals surface area contributed by atoms with Crippen molar-refractivity contribution in [3.8, 4) is 0 Å². The number of hydrogen-bond donors (Lipinski definition) is 1. The van der Waals surface area contributed by atoms with Crippen molar-refractivity contribution in [1.82, 2.24) is 9.80 Å². The van der Waals surface area contributed by atoms with Crippen LogP contribution in [0.5, 0.6) is 0 Å². The fourth-order valence-electron chi connectivity index (χ4n) is 2.43. The molecule has 2 rings (SSSR count). The van der Waals surface area contributed by atoms with Crippen molar-refractivity contribution in [3.63, 3.8) is 0 Å². The fraction of sp³-hybridized carbons (Fsp3) is 0.571. The van der Waals surface area contributed by atoms with Crippen molar-refractivity contribution in [2.24, 2.45) is 0 Å². The van der Waals surface area contributed by atoms with E-state index in [0.717, 1.165) is 31.7 Å². The molecule has 0 radical (unpaired) electrons. The van der Waals surface area contributed by atoms with Crippen LogP contribution in [0.2, 0.25) is 0 Å². The summed E-state index contributed by atoms with van der Waals surface area (Å²) in [6.07, 6.45) is -5.12. The second-order valence-corrected chi connectivity index (χ2v) is 5.40. The van der Waals surface area contributed by atoms with Gasteiger partial charge in [0.15, 0.2) is 0 Å². The van der Waals surface area contributed by atoms with Crippen molar-refractivity contribution in [1.29, 1.82) is 0 Å². The molecular formula is C14H20F3N3. The summed E-state index contributed by atoms with van der Waals surface area (Å²) in [5.74, 6) is 0. The summed E-state index contributed by atoms with van der Waals surface area (Å²) < 4.78 is 37.9. The SMILES string of the molecule is CN1CCN(Cc2ccc(N)cc2CC(F)(F)F)CC1. The average molecular weight is 287 g/mol. The number of hydrogen-bond acceptors (Lipinski definition) is 3. The van der Waals surface area contributed by atoms with Gasteiger partial charge in [-0.25, -0.2) is 0 Å². The number of piperazine rings is 1. The highest BCUT2D eigenvalue weighted by Gasteiger charge is 2.29. The molecule has 1 saturated heterocycles. The Hall–Kier alpha value is -1.27. The van der Waals surface area contributed by atoms with Gasteiger partial charge in [0.05, 0.1) is 6.42 Å². The Labute approximate surface area is 117 Å². The predicted molar refractivity (Wildman–Crippen MR) is 73.4 cm³/mol. The highest BCUT2D eigenvalue weighted by molar-refractivity contribution is 5.45. The monoisotopic (exact) mass is 287 g/mol. The first kappa shape index (κ1) is 15.1. The lowest BCUT2D eigenvalue weighted by molar-refractivity contribution is -0.127. The fourth-order valence-corrected chi connectivity index (χ4v) is 2.43. The van der Waals surface area contributed by atoms with E-state index in [1.54, 1.807) is 12.1 Å². The quantitative estimate of drug-likeness (QED) is 0.864. The number of nitrogen functional groups attached to an aromatic ring is 1. The van der Waals surface area contributed by atoms with Crippen LogP contribution in [0.3, 0.4) is 0 Å². The van der Waals surface area contributed by atoms with Crippen LogP contribution in [0.1, 0.15) is 11.1 Å². The van der Waals surface area contributed by atoms with Crippen molar-refractivity contribution in [2.75, 3.05) is 39.0 Å². The molecule has 3 nitrogen and oxygen atoms in total. The second kappa shape index (κ2) is 6.01. The van der Waals surface area contributed by atoms with Gasteiger partial charge in [-0.05, 0) is 30.3 Å². The van der Waals surface area contributed by atoms with Crippen LogP contribution < -0.4 is 5.73 Å². The molecular weight excluding hydrogens is 267 g/mol. The van der Waals surface area contributed by atoms with Crippen LogP contribution in [-0.4, -0.2) is 49.2 Å². The van der Waals surface area contributed by atoms with Crippen molar-refractivity contribution in [2.45, 2.75) is 19.1 Å². The lowest BCUT2D eigenvalue weighted by atomic mass is 10.0. The van der Waals surface area contributed by atoms with Gasteiger partial charge in [0.25, 0.3) is 0 Å². The molecule has 0 bridgehead atoms. The van der Waals surface area contributed by atoms with Gasteiger partial charge in [-0.3, -0.25) is 4.90 Å². The molecule has 6 heteroatoms. The highest BCUT2D eigenvalue weighted by Crippen LogP contribution is 2.26. The zero-order valence-corrected chi connectivity index (χ0v) is 11.6. The zero-order valence-electron chi connectivity index (χ0n) is 11.6. The molecule has 1 aromatic rings. The number of rotatable bonds is 3. The number of benzene rings is 1. The largest absolute Gasteiger partial charge is 0.399 e. The first-order valence-corrected chi connectivity index (χ1v) is 6.68. The lowest BCUT2D eigenvalue weighted by Crippen LogP contribution is -2.44. The van der Waals surface area contributed by atoms with Gasteiger partial charge < -0.3 is 10.6 Å². The number of likely N-dealkylation sites (N-methyl/N-ethyl adjacent to an activating group) is 1. The summed E-state index contributed by atoms with van der Waals surface area (Å²) in [7, 11) is 2.05. The van der Waals surface area contributed by atoms with E-state index in [1.807, 2.05) is 0 Å². The maximum atomic E-state index is 12.6. The Balaban J connectivity index is 2.10. The summed E-state index contributed by atoms with van der Waals surface area (Å²) in [6, 6.07) is 4.83. The molecule has 0 amide bonds. The lowest BCUT2D eigenvalue weighted by Gasteiger charge is -2.32. The van der Waals surface area contributed by atoms with Crippen LogP contribution in [-0.2, 0) is 13.0 Å². The Morgan fingerprint density at radius 3 is 2.35 bits per heavy atom. The normalized spacial score (nSPS) is 18.4. The topological polar surface area (TPSA) is 32.5 Å². The minimum Gasteiger partial charge on any atom is -0.399 e. The van der Waals surface area contributed by atoms with Gasteiger partial charge >= 0.3 is 6.18 Å². The van der Waals surface area contributed by atoms with Crippen LogP contribution in [0, 0.1) is 0 Å². The molecule has 0 aromatic heterocycles. The molecule has 0 spiro atoms. The molecule has 0 unspecified atom stereocenters. The van der Waals surface area contributed by atoms with Gasteiger partial charge in [0, 0.05) is 38.4 Å². The van der Waals surface area contributed by atoms with Crippen molar-refractivity contribution in [3.05, 3.63) is 29.3 Å². The van der Waals surface area contributed by atoms with E-state index in [2.05, 4.69) is 16.8 Å². The molecule has 1 fully saturated rings. The number of halogens is 3. The first-order valence-electron chi connectivity index (χ1n) is 6.68. The molecule has 1 heterocycles. The maximum Gasteiger partial charge on any atom is 0.393 e. The molecule has 1 aliphatic heterocycles. The smallest absolute Gasteiger partial charge is 0.393 e. The summed E-state index contributed by atoms with van der Waals surface area (Å²) in [4.78, 5) is 4.40. The minimum atomic E-state index is -4.20. The van der Waals surface area contributed by atoms with Gasteiger partial charge in [-0.15, -0.1) is 0 Å². The molecule has 112 valence electrons. The average Bonchev–Trinajstić information content (AvgIpc) is 2.33. The molecule has 0 aliphatic carbocycles. The standard InChI is InChI=1S/C14H20F3N3/c1-19-4-6-20(7-5-19)10-11-2-3-13(18)8-12(11)9-14(15,16)17/h2-3,8H,4-7,9-10,18H2,1H3. The third kappa shape index (κ3) is 4.38. The maximum absolute atomic E-state index is 12.6. The van der Waals surface area contributed by atoms with Crippen LogP contribution >= 0.6 is 0 Å². The highest BCUT2D eigenvalue weighted by atomic mass is 19.4. The zero-order chi connectivity index (χ0) is 14.8. The predicted octanol–water partition coefficient (Wildman–Crippen LogP) is 2.12. The third-order valence-corrected chi connectivity index (χ3v) is 3.61. The number of alkyl halides is 3. The number of anilines is 1. The van der Waals surface area contributed by atoms with Gasteiger partial charge in [-0.2, -0.15) is 13.2 Å². The Morgan fingerprint density at radius 2 is 1.75 bits per heavy atom. The van der Waals surface area contributed by atoms with E-state index in [-0.39, 0.29) is 5.56 Å². The van der Waals surface area contributed by atoms with Crippen molar-refractivity contribution < 1.29 is 13.2 Å². The van der Waals surface area contributed by atoms with Gasteiger partial charge in [0.1, 0.15) is 0 Å². The summed E-state index contributed by atoms with van der Waals surface area (Å²) in [6.45, 7) is 4.21. The van der Waals surface area contributed by atoms with Gasteiger partial charge in [-0.1, -0.05) is 6.07 Å². The molecule has 0 saturated carbocycles. The number of nitrogens with two attached hydrogens (primary N) is 1. The van der Waals surface area contributed by atoms with E-state index in [0.29, 0.717) is 12.2 Å². The van der Waals surface area contributed by atoms with E-state index >= 15 is 0 Å². The van der Waals surface area contributed by atoms with Gasteiger partial charge in [0.2, 0.25) is 0 Å². The van der Waals surface area contributed by atoms with Crippen LogP contribution in [0.4, 0.5) is 18.9 Å². The van der Waals surface area contributed by atoms with Crippen LogP contribution in [0.25, 0.3) is 0 Å². The molecule has 20 heavy (non-hydrogen) atoms. The molecule has 1 aromatic carbocycles. The molecule has 1 aliphatic rings. The summed E-state index contributed by atoms with van der Waals surface area (Å²) in [5, 5.41) is 0. The minimum absolute atomic E-state index is 0.288. The van der Waals surface area contributed by atoms with E-state index < -0.39 is 12.6 Å². The molecule has 0 atom stereocenters. The number of nitrogens with zero attached hydrogens (tertiary/aromatic N) is 2. The first-order chi connectivity index (χ1) is 9.33. The summed E-state index contributed by atoms with van der Waals surface area (Å²) >= 11 is 0. The van der Waals surface area contributed by atoms with E-state index in [1.165, 1.54) is 6.07 Å². The van der Waals surface area contributed by atoms with Crippen LogP contribution in [0.15, 0.2) is 18.2 Å². The Kier molecular flexibility index (Phi) is 4.55. The second-order valence-electron chi connectivity index (χ2n) is 5.40. The summed E-state index contributed by atoms with van der Waals surface area (Å²) in [5.41, 5.74) is 7.00. The Bertz CT molecular complexity index is 451. The van der Waals surface area contributed by atoms with Crippen molar-refractivity contribution >= 4 is 5.69 Å². The Morgan fingerprint density at radius 1 is 1.10 bits per heavy atom. The van der Waals surface area contributed by atoms with E-state index in [9.17, 15) is 13.2 Å².